The quantitative estimate of drug-likeness (QED) is 0.904. The van der Waals surface area contributed by atoms with E-state index < -0.39 is 5.82 Å². The average Bonchev–Trinajstić information content (AvgIpc) is 2.38. The summed E-state index contributed by atoms with van der Waals surface area (Å²) in [6, 6.07) is 10.8. The molecule has 0 saturated carbocycles. The van der Waals surface area contributed by atoms with Crippen molar-refractivity contribution in [3.05, 3.63) is 65.2 Å². The fourth-order valence-corrected chi connectivity index (χ4v) is 1.64. The normalized spacial score (nSPS) is 10.4. The zero-order chi connectivity index (χ0) is 13.0. The second-order valence-corrected chi connectivity index (χ2v) is 3.80. The standard InChI is InChI=1S/C14H13F2NO/c15-12-5-2-1-4-10(12)9-18-14-7-3-6-13(16)11(14)8-17/h1-7H,8-9,17H2. The van der Waals surface area contributed by atoms with Crippen molar-refractivity contribution in [1.29, 1.82) is 0 Å². The molecule has 0 heterocycles. The fourth-order valence-electron chi connectivity index (χ4n) is 1.64. The van der Waals surface area contributed by atoms with Crippen molar-refractivity contribution < 1.29 is 13.5 Å². The Hall–Kier alpha value is -1.94. The van der Waals surface area contributed by atoms with Crippen LogP contribution in [0.2, 0.25) is 0 Å². The number of benzene rings is 2. The van der Waals surface area contributed by atoms with Crippen molar-refractivity contribution in [2.24, 2.45) is 5.73 Å². The first kappa shape index (κ1) is 12.5. The van der Waals surface area contributed by atoms with E-state index in [0.29, 0.717) is 16.9 Å². The van der Waals surface area contributed by atoms with E-state index in [4.69, 9.17) is 10.5 Å². The van der Waals surface area contributed by atoms with Crippen LogP contribution in [0.25, 0.3) is 0 Å². The minimum Gasteiger partial charge on any atom is -0.488 e. The lowest BCUT2D eigenvalue weighted by Crippen LogP contribution is -2.05. The molecule has 94 valence electrons. The van der Waals surface area contributed by atoms with Crippen LogP contribution in [0.1, 0.15) is 11.1 Å². The number of hydrogen-bond donors (Lipinski definition) is 1. The lowest BCUT2D eigenvalue weighted by Gasteiger charge is -2.11. The molecule has 2 aromatic carbocycles. The Balaban J connectivity index is 2.16. The molecule has 0 spiro atoms. The Bertz CT molecular complexity index is 543. The SMILES string of the molecule is NCc1c(F)cccc1OCc1ccccc1F. The van der Waals surface area contributed by atoms with Gasteiger partial charge in [0.2, 0.25) is 0 Å². The van der Waals surface area contributed by atoms with E-state index in [1.165, 1.54) is 18.2 Å². The minimum atomic E-state index is -0.413. The number of hydrogen-bond acceptors (Lipinski definition) is 2. The molecule has 0 atom stereocenters. The zero-order valence-corrected chi connectivity index (χ0v) is 9.70. The van der Waals surface area contributed by atoms with Crippen LogP contribution in [-0.2, 0) is 13.2 Å². The molecule has 0 aromatic heterocycles. The van der Waals surface area contributed by atoms with Crippen LogP contribution in [0.5, 0.6) is 5.75 Å². The van der Waals surface area contributed by atoms with Crippen molar-refractivity contribution in [1.82, 2.24) is 0 Å². The van der Waals surface area contributed by atoms with Gasteiger partial charge in [0, 0.05) is 17.7 Å². The highest BCUT2D eigenvalue weighted by atomic mass is 19.1. The number of halogens is 2. The summed E-state index contributed by atoms with van der Waals surface area (Å²) in [5.74, 6) is -0.410. The van der Waals surface area contributed by atoms with E-state index in [9.17, 15) is 8.78 Å². The van der Waals surface area contributed by atoms with Crippen LogP contribution < -0.4 is 10.5 Å². The topological polar surface area (TPSA) is 35.2 Å². The predicted molar refractivity (Wildman–Crippen MR) is 65.0 cm³/mol. The molecular formula is C14H13F2NO. The molecule has 0 bridgehead atoms. The Morgan fingerprint density at radius 3 is 2.39 bits per heavy atom. The van der Waals surface area contributed by atoms with Crippen LogP contribution in [-0.4, -0.2) is 0 Å². The molecule has 0 unspecified atom stereocenters. The van der Waals surface area contributed by atoms with E-state index in [0.717, 1.165) is 0 Å². The van der Waals surface area contributed by atoms with Gasteiger partial charge in [0.05, 0.1) is 0 Å². The molecule has 2 nitrogen and oxygen atoms in total. The first-order valence-corrected chi connectivity index (χ1v) is 5.56. The smallest absolute Gasteiger partial charge is 0.131 e. The summed E-state index contributed by atoms with van der Waals surface area (Å²) in [5.41, 5.74) is 6.18. The van der Waals surface area contributed by atoms with Gasteiger partial charge in [-0.1, -0.05) is 24.3 Å². The van der Waals surface area contributed by atoms with Crippen molar-refractivity contribution >= 4 is 0 Å². The van der Waals surface area contributed by atoms with E-state index in [2.05, 4.69) is 0 Å². The molecule has 0 aliphatic carbocycles. The van der Waals surface area contributed by atoms with E-state index >= 15 is 0 Å². The second kappa shape index (κ2) is 5.60. The van der Waals surface area contributed by atoms with Gasteiger partial charge in [-0.15, -0.1) is 0 Å². The molecule has 0 saturated heterocycles. The van der Waals surface area contributed by atoms with E-state index in [-0.39, 0.29) is 19.0 Å². The van der Waals surface area contributed by atoms with Gasteiger partial charge in [0.25, 0.3) is 0 Å². The number of rotatable bonds is 4. The highest BCUT2D eigenvalue weighted by Crippen LogP contribution is 2.22. The lowest BCUT2D eigenvalue weighted by molar-refractivity contribution is 0.294. The third kappa shape index (κ3) is 2.65. The molecule has 2 rings (SSSR count). The molecule has 0 aliphatic heterocycles. The Kier molecular flexibility index (Phi) is 3.89. The van der Waals surface area contributed by atoms with Crippen LogP contribution in [0.3, 0.4) is 0 Å². The maximum absolute atomic E-state index is 13.4. The number of nitrogens with two attached hydrogens (primary N) is 1. The first-order chi connectivity index (χ1) is 8.72. The predicted octanol–water partition coefficient (Wildman–Crippen LogP) is 3.00. The van der Waals surface area contributed by atoms with Crippen LogP contribution >= 0.6 is 0 Å². The molecule has 2 aromatic rings. The summed E-state index contributed by atoms with van der Waals surface area (Å²) in [6.07, 6.45) is 0. The Labute approximate surface area is 104 Å². The van der Waals surface area contributed by atoms with Gasteiger partial charge in [0.1, 0.15) is 24.0 Å². The summed E-state index contributed by atoms with van der Waals surface area (Å²) in [7, 11) is 0. The molecule has 18 heavy (non-hydrogen) atoms. The van der Waals surface area contributed by atoms with Crippen LogP contribution in [0, 0.1) is 11.6 Å². The summed E-state index contributed by atoms with van der Waals surface area (Å²) < 4.78 is 32.2. The van der Waals surface area contributed by atoms with Gasteiger partial charge in [-0.25, -0.2) is 8.78 Å². The highest BCUT2D eigenvalue weighted by Gasteiger charge is 2.09. The maximum Gasteiger partial charge on any atom is 0.131 e. The van der Waals surface area contributed by atoms with Crippen molar-refractivity contribution in [2.45, 2.75) is 13.2 Å². The van der Waals surface area contributed by atoms with Gasteiger partial charge < -0.3 is 10.5 Å². The third-order valence-corrected chi connectivity index (χ3v) is 2.62. The van der Waals surface area contributed by atoms with E-state index in [1.807, 2.05) is 0 Å². The van der Waals surface area contributed by atoms with Crippen molar-refractivity contribution in [3.8, 4) is 5.75 Å². The van der Waals surface area contributed by atoms with Crippen molar-refractivity contribution in [3.63, 3.8) is 0 Å². The molecule has 0 aliphatic rings. The second-order valence-electron chi connectivity index (χ2n) is 3.80. The van der Waals surface area contributed by atoms with Gasteiger partial charge in [-0.2, -0.15) is 0 Å². The first-order valence-electron chi connectivity index (χ1n) is 5.56. The van der Waals surface area contributed by atoms with Crippen molar-refractivity contribution in [2.75, 3.05) is 0 Å². The largest absolute Gasteiger partial charge is 0.488 e. The fraction of sp³-hybridized carbons (Fsp3) is 0.143. The molecule has 0 fully saturated rings. The molecule has 0 amide bonds. The lowest BCUT2D eigenvalue weighted by atomic mass is 10.2. The maximum atomic E-state index is 13.4. The monoisotopic (exact) mass is 249 g/mol. The van der Waals surface area contributed by atoms with Crippen LogP contribution in [0.15, 0.2) is 42.5 Å². The Morgan fingerprint density at radius 1 is 0.944 bits per heavy atom. The van der Waals surface area contributed by atoms with E-state index in [1.54, 1.807) is 24.3 Å². The summed E-state index contributed by atoms with van der Waals surface area (Å²) in [5, 5.41) is 0. The summed E-state index contributed by atoms with van der Waals surface area (Å²) >= 11 is 0. The summed E-state index contributed by atoms with van der Waals surface area (Å²) in [4.78, 5) is 0. The third-order valence-electron chi connectivity index (χ3n) is 2.62. The molecule has 4 heteroatoms. The highest BCUT2D eigenvalue weighted by molar-refractivity contribution is 5.34. The molecular weight excluding hydrogens is 236 g/mol. The zero-order valence-electron chi connectivity index (χ0n) is 9.70. The average molecular weight is 249 g/mol. The van der Waals surface area contributed by atoms with Gasteiger partial charge >= 0.3 is 0 Å². The number of ether oxygens (including phenoxy) is 1. The van der Waals surface area contributed by atoms with Gasteiger partial charge in [-0.05, 0) is 18.2 Å². The molecule has 0 radical (unpaired) electrons. The molecule has 2 N–H and O–H groups in total. The van der Waals surface area contributed by atoms with Gasteiger partial charge in [-0.3, -0.25) is 0 Å². The minimum absolute atomic E-state index is 0.0410. The Morgan fingerprint density at radius 2 is 1.67 bits per heavy atom. The summed E-state index contributed by atoms with van der Waals surface area (Å²) in [6.45, 7) is 0.0857. The van der Waals surface area contributed by atoms with Crippen LogP contribution in [0.4, 0.5) is 8.78 Å². The van der Waals surface area contributed by atoms with Gasteiger partial charge in [0.15, 0.2) is 0 Å².